The Morgan fingerprint density at radius 3 is 2.84 bits per heavy atom. The first-order valence-corrected chi connectivity index (χ1v) is 7.27. The molecule has 1 aliphatic heterocycles. The van der Waals surface area contributed by atoms with Crippen LogP contribution in [-0.4, -0.2) is 34.3 Å². The van der Waals surface area contributed by atoms with Crippen LogP contribution in [0.2, 0.25) is 0 Å². The van der Waals surface area contributed by atoms with Crippen LogP contribution in [0.3, 0.4) is 0 Å². The lowest BCUT2D eigenvalue weighted by atomic mass is 10.0. The minimum absolute atomic E-state index is 0.00107. The predicted molar refractivity (Wildman–Crippen MR) is 73.7 cm³/mol. The molecule has 0 aliphatic carbocycles. The fourth-order valence-corrected chi connectivity index (χ4v) is 2.98. The number of nitrogens with zero attached hydrogens (tertiary/aromatic N) is 2. The molecule has 0 spiro atoms. The van der Waals surface area contributed by atoms with Crippen molar-refractivity contribution < 1.29 is 9.59 Å². The van der Waals surface area contributed by atoms with E-state index in [1.165, 1.54) is 0 Å². The van der Waals surface area contributed by atoms with Crippen molar-refractivity contribution in [1.29, 1.82) is 0 Å². The van der Waals surface area contributed by atoms with Crippen LogP contribution < -0.4 is 5.32 Å². The van der Waals surface area contributed by atoms with Crippen LogP contribution in [0.1, 0.15) is 30.2 Å². The van der Waals surface area contributed by atoms with Gasteiger partial charge < -0.3 is 10.2 Å². The van der Waals surface area contributed by atoms with E-state index in [9.17, 15) is 9.59 Å². The number of piperazine rings is 1. The second-order valence-electron chi connectivity index (χ2n) is 5.31. The molecule has 1 atom stereocenters. The van der Waals surface area contributed by atoms with Gasteiger partial charge in [0.2, 0.25) is 11.8 Å². The summed E-state index contributed by atoms with van der Waals surface area (Å²) in [6, 6.07) is -0.387. The van der Waals surface area contributed by atoms with Gasteiger partial charge in [0.05, 0.1) is 6.54 Å². The fraction of sp³-hybridized carbons (Fsp3) is 0.615. The molecular weight excluding hydrogens is 262 g/mol. The lowest BCUT2D eigenvalue weighted by Gasteiger charge is -2.32. The minimum atomic E-state index is -0.387. The summed E-state index contributed by atoms with van der Waals surface area (Å²) < 4.78 is 0. The maximum atomic E-state index is 12.3. The van der Waals surface area contributed by atoms with Gasteiger partial charge in [-0.15, -0.1) is 11.3 Å². The molecule has 0 saturated carbocycles. The zero-order valence-electron chi connectivity index (χ0n) is 11.5. The Balaban J connectivity index is 2.06. The molecule has 2 heterocycles. The number of hydrogen-bond acceptors (Lipinski definition) is 4. The van der Waals surface area contributed by atoms with Crippen molar-refractivity contribution in [3.8, 4) is 0 Å². The smallest absolute Gasteiger partial charge is 0.246 e. The zero-order valence-corrected chi connectivity index (χ0v) is 12.3. The number of nitrogens with one attached hydrogen (secondary N) is 1. The number of rotatable bonds is 4. The maximum Gasteiger partial charge on any atom is 0.246 e. The van der Waals surface area contributed by atoms with Crippen molar-refractivity contribution in [2.24, 2.45) is 5.92 Å². The SMILES string of the molecule is Cc1cnc(CN2CC(=O)NC(CC(C)C)C2=O)s1. The van der Waals surface area contributed by atoms with E-state index < -0.39 is 0 Å². The zero-order chi connectivity index (χ0) is 14.0. The molecule has 1 fully saturated rings. The summed E-state index contributed by atoms with van der Waals surface area (Å²) in [5, 5.41) is 3.65. The normalized spacial score (nSPS) is 20.0. The number of thiazole rings is 1. The highest BCUT2D eigenvalue weighted by molar-refractivity contribution is 7.11. The molecule has 2 rings (SSSR count). The fourth-order valence-electron chi connectivity index (χ4n) is 2.18. The Labute approximate surface area is 117 Å². The van der Waals surface area contributed by atoms with Gasteiger partial charge in [-0.05, 0) is 19.3 Å². The van der Waals surface area contributed by atoms with Crippen LogP contribution in [0.25, 0.3) is 0 Å². The first kappa shape index (κ1) is 14.0. The molecule has 1 N–H and O–H groups in total. The van der Waals surface area contributed by atoms with Crippen molar-refractivity contribution in [2.75, 3.05) is 6.54 Å². The van der Waals surface area contributed by atoms with Crippen LogP contribution in [0, 0.1) is 12.8 Å². The standard InChI is InChI=1S/C13H19N3O2S/c1-8(2)4-10-13(18)16(6-11(17)15-10)7-12-14-5-9(3)19-12/h5,8,10H,4,6-7H2,1-3H3,(H,15,17). The number of carbonyl (C=O) groups is 2. The number of amides is 2. The van der Waals surface area contributed by atoms with E-state index >= 15 is 0 Å². The highest BCUT2D eigenvalue weighted by atomic mass is 32.1. The summed E-state index contributed by atoms with van der Waals surface area (Å²) in [5.74, 6) is 0.288. The Bertz CT molecular complexity index is 484. The largest absolute Gasteiger partial charge is 0.343 e. The Kier molecular flexibility index (Phi) is 4.19. The molecule has 0 aromatic carbocycles. The van der Waals surface area contributed by atoms with E-state index in [1.807, 2.05) is 20.8 Å². The van der Waals surface area contributed by atoms with Gasteiger partial charge in [-0.3, -0.25) is 9.59 Å². The van der Waals surface area contributed by atoms with E-state index in [4.69, 9.17) is 0 Å². The highest BCUT2D eigenvalue weighted by Gasteiger charge is 2.33. The van der Waals surface area contributed by atoms with Crippen molar-refractivity contribution in [1.82, 2.24) is 15.2 Å². The lowest BCUT2D eigenvalue weighted by Crippen LogP contribution is -2.57. The first-order valence-electron chi connectivity index (χ1n) is 6.45. The Hall–Kier alpha value is -1.43. The number of aromatic nitrogens is 1. The molecule has 1 saturated heterocycles. The monoisotopic (exact) mass is 281 g/mol. The van der Waals surface area contributed by atoms with Gasteiger partial charge in [-0.25, -0.2) is 4.98 Å². The summed E-state index contributed by atoms with van der Waals surface area (Å²) in [4.78, 5) is 31.0. The van der Waals surface area contributed by atoms with E-state index in [0.29, 0.717) is 18.9 Å². The number of carbonyl (C=O) groups excluding carboxylic acids is 2. The maximum absolute atomic E-state index is 12.3. The topological polar surface area (TPSA) is 62.3 Å². The number of hydrogen-bond donors (Lipinski definition) is 1. The molecule has 2 amide bonds. The van der Waals surface area contributed by atoms with Gasteiger partial charge in [0, 0.05) is 11.1 Å². The minimum Gasteiger partial charge on any atom is -0.343 e. The van der Waals surface area contributed by atoms with Gasteiger partial charge in [0.1, 0.15) is 17.6 Å². The average molecular weight is 281 g/mol. The van der Waals surface area contributed by atoms with Gasteiger partial charge in [-0.2, -0.15) is 0 Å². The summed E-state index contributed by atoms with van der Waals surface area (Å²) in [5.41, 5.74) is 0. The van der Waals surface area contributed by atoms with Crippen LogP contribution in [0.4, 0.5) is 0 Å². The summed E-state index contributed by atoms with van der Waals surface area (Å²) in [6.45, 7) is 6.63. The van der Waals surface area contributed by atoms with Crippen LogP contribution in [-0.2, 0) is 16.1 Å². The molecule has 0 bridgehead atoms. The molecule has 19 heavy (non-hydrogen) atoms. The molecule has 0 radical (unpaired) electrons. The summed E-state index contributed by atoms with van der Waals surface area (Å²) >= 11 is 1.56. The van der Waals surface area contributed by atoms with Crippen molar-refractivity contribution in [2.45, 2.75) is 39.8 Å². The molecule has 1 aliphatic rings. The molecule has 1 unspecified atom stereocenters. The predicted octanol–water partition coefficient (Wildman–Crippen LogP) is 1.32. The highest BCUT2D eigenvalue weighted by Crippen LogP contribution is 2.17. The Morgan fingerprint density at radius 2 is 2.26 bits per heavy atom. The van der Waals surface area contributed by atoms with E-state index in [2.05, 4.69) is 10.3 Å². The third-order valence-electron chi connectivity index (χ3n) is 2.98. The molecular formula is C13H19N3O2S. The third-order valence-corrected chi connectivity index (χ3v) is 3.88. The van der Waals surface area contributed by atoms with Crippen LogP contribution in [0.15, 0.2) is 6.20 Å². The lowest BCUT2D eigenvalue weighted by molar-refractivity contribution is -0.145. The molecule has 104 valence electrons. The number of aryl methyl sites for hydroxylation is 1. The van der Waals surface area contributed by atoms with Gasteiger partial charge >= 0.3 is 0 Å². The first-order chi connectivity index (χ1) is 8.95. The van der Waals surface area contributed by atoms with Crippen molar-refractivity contribution in [3.63, 3.8) is 0 Å². The van der Waals surface area contributed by atoms with E-state index in [1.54, 1.807) is 22.4 Å². The summed E-state index contributed by atoms with van der Waals surface area (Å²) in [6.07, 6.45) is 2.47. The quantitative estimate of drug-likeness (QED) is 0.905. The van der Waals surface area contributed by atoms with Gasteiger partial charge in [-0.1, -0.05) is 13.8 Å². The van der Waals surface area contributed by atoms with E-state index in [0.717, 1.165) is 9.88 Å². The van der Waals surface area contributed by atoms with Crippen molar-refractivity contribution >= 4 is 23.2 Å². The molecule has 5 nitrogen and oxygen atoms in total. The summed E-state index contributed by atoms with van der Waals surface area (Å²) in [7, 11) is 0. The van der Waals surface area contributed by atoms with Gasteiger partial charge in [0.15, 0.2) is 0 Å². The Morgan fingerprint density at radius 1 is 1.53 bits per heavy atom. The van der Waals surface area contributed by atoms with Gasteiger partial charge in [0.25, 0.3) is 0 Å². The van der Waals surface area contributed by atoms with E-state index in [-0.39, 0.29) is 24.4 Å². The second kappa shape index (κ2) is 5.69. The van der Waals surface area contributed by atoms with Crippen molar-refractivity contribution in [3.05, 3.63) is 16.1 Å². The molecule has 1 aromatic rings. The van der Waals surface area contributed by atoms with Crippen LogP contribution in [0.5, 0.6) is 0 Å². The average Bonchev–Trinajstić information content (AvgIpc) is 2.70. The molecule has 1 aromatic heterocycles. The van der Waals surface area contributed by atoms with Crippen LogP contribution >= 0.6 is 11.3 Å². The second-order valence-corrected chi connectivity index (χ2v) is 6.63. The molecule has 6 heteroatoms. The third kappa shape index (κ3) is 3.53.